The van der Waals surface area contributed by atoms with Gasteiger partial charge in [0.05, 0.1) is 0 Å². The number of hydrogen-bond donors (Lipinski definition) is 2. The van der Waals surface area contributed by atoms with Gasteiger partial charge in [-0.15, -0.1) is 0 Å². The first-order chi connectivity index (χ1) is 9.58. The Hall–Kier alpha value is -0.640. The zero-order valence-electron chi connectivity index (χ0n) is 13.5. The first-order valence-electron chi connectivity index (χ1n) is 7.17. The Morgan fingerprint density at radius 2 is 0.952 bits per heavy atom. The van der Waals surface area contributed by atoms with Crippen LogP contribution in [0.2, 0.25) is 0 Å². The van der Waals surface area contributed by atoms with Crippen LogP contribution in [0.3, 0.4) is 0 Å². The summed E-state index contributed by atoms with van der Waals surface area (Å²) in [5.74, 6) is 0. The minimum absolute atomic E-state index is 0. The quantitative estimate of drug-likeness (QED) is 0.852. The normalized spacial score (nSPS) is 12.4. The monoisotopic (exact) mass is 293 g/mol. The molecule has 0 heterocycles. The summed E-state index contributed by atoms with van der Waals surface area (Å²) in [5.41, 5.74) is 13.9. The number of benzene rings is 2. The molecule has 0 bridgehead atoms. The van der Waals surface area contributed by atoms with Crippen LogP contribution in [0.5, 0.6) is 0 Å². The topological polar surface area (TPSA) is 52.0 Å². The van der Waals surface area contributed by atoms with Gasteiger partial charge in [-0.1, -0.05) is 60.7 Å². The summed E-state index contributed by atoms with van der Waals surface area (Å²) in [6, 6.07) is 21.1. The average molecular weight is 293 g/mol. The molecule has 2 atom stereocenters. The van der Waals surface area contributed by atoms with Crippen LogP contribution < -0.4 is 11.5 Å². The van der Waals surface area contributed by atoms with Crippen LogP contribution in [0, 0.1) is 0 Å². The van der Waals surface area contributed by atoms with Crippen LogP contribution in [-0.2, 0) is 12.8 Å². The fourth-order valence-corrected chi connectivity index (χ4v) is 1.97. The summed E-state index contributed by atoms with van der Waals surface area (Å²) >= 11 is 0. The molecule has 2 nitrogen and oxygen atoms in total. The second-order valence-corrected chi connectivity index (χ2v) is 5.33. The molecule has 0 saturated heterocycles. The Morgan fingerprint density at radius 1 is 0.667 bits per heavy atom. The molecule has 0 aliphatic rings. The van der Waals surface area contributed by atoms with Gasteiger partial charge in [0, 0.05) is 41.6 Å². The van der Waals surface area contributed by atoms with Crippen LogP contribution >= 0.6 is 0 Å². The average Bonchev–Trinajstić information content (AvgIpc) is 2.40. The third kappa shape index (κ3) is 10.7. The fourth-order valence-electron chi connectivity index (χ4n) is 1.97. The molecular formula is C18H26N2Na. The van der Waals surface area contributed by atoms with E-state index >= 15 is 0 Å². The van der Waals surface area contributed by atoms with E-state index in [1.54, 1.807) is 0 Å². The molecular weight excluding hydrogens is 267 g/mol. The molecule has 109 valence electrons. The third-order valence-corrected chi connectivity index (χ3v) is 2.80. The smallest absolute Gasteiger partial charge is 0.00509 e. The molecule has 4 N–H and O–H groups in total. The Morgan fingerprint density at radius 3 is 1.19 bits per heavy atom. The Balaban J connectivity index is 0.000000364. The van der Waals surface area contributed by atoms with E-state index < -0.39 is 0 Å². The van der Waals surface area contributed by atoms with Gasteiger partial charge < -0.3 is 11.5 Å². The summed E-state index contributed by atoms with van der Waals surface area (Å²) in [4.78, 5) is 0. The van der Waals surface area contributed by atoms with Gasteiger partial charge in [0.1, 0.15) is 0 Å². The van der Waals surface area contributed by atoms with Crippen molar-refractivity contribution in [2.45, 2.75) is 38.8 Å². The molecule has 0 fully saturated rings. The first kappa shape index (κ1) is 20.4. The van der Waals surface area contributed by atoms with Crippen molar-refractivity contribution in [2.24, 2.45) is 11.5 Å². The maximum Gasteiger partial charge on any atom is 0.00509 e. The van der Waals surface area contributed by atoms with E-state index in [2.05, 4.69) is 24.3 Å². The van der Waals surface area contributed by atoms with Crippen LogP contribution in [0.25, 0.3) is 0 Å². The van der Waals surface area contributed by atoms with Gasteiger partial charge in [-0.05, 0) is 37.8 Å². The van der Waals surface area contributed by atoms with E-state index in [-0.39, 0.29) is 41.6 Å². The van der Waals surface area contributed by atoms with Crippen molar-refractivity contribution < 1.29 is 0 Å². The van der Waals surface area contributed by atoms with Crippen molar-refractivity contribution in [1.29, 1.82) is 0 Å². The minimum Gasteiger partial charge on any atom is -0.328 e. The van der Waals surface area contributed by atoms with Gasteiger partial charge in [0.2, 0.25) is 0 Å². The molecule has 0 amide bonds. The van der Waals surface area contributed by atoms with Crippen LogP contribution in [-0.4, -0.2) is 41.6 Å². The number of hydrogen-bond acceptors (Lipinski definition) is 2. The van der Waals surface area contributed by atoms with E-state index in [1.807, 2.05) is 50.2 Å². The predicted molar refractivity (Wildman–Crippen MR) is 93.3 cm³/mol. The fraction of sp³-hybridized carbons (Fsp3) is 0.333. The van der Waals surface area contributed by atoms with Gasteiger partial charge in [-0.3, -0.25) is 0 Å². The zero-order valence-corrected chi connectivity index (χ0v) is 15.5. The van der Waals surface area contributed by atoms with Gasteiger partial charge in [0.25, 0.3) is 0 Å². The maximum absolute atomic E-state index is 5.62. The van der Waals surface area contributed by atoms with Crippen molar-refractivity contribution in [3.63, 3.8) is 0 Å². The molecule has 21 heavy (non-hydrogen) atoms. The second kappa shape index (κ2) is 12.0. The van der Waals surface area contributed by atoms with Gasteiger partial charge in [0.15, 0.2) is 0 Å². The number of rotatable bonds is 4. The molecule has 0 aliphatic heterocycles. The van der Waals surface area contributed by atoms with Crippen molar-refractivity contribution in [1.82, 2.24) is 0 Å². The Labute approximate surface area is 151 Å². The van der Waals surface area contributed by atoms with E-state index in [0.717, 1.165) is 12.8 Å². The Kier molecular flexibility index (Phi) is 11.6. The molecule has 0 aromatic heterocycles. The second-order valence-electron chi connectivity index (χ2n) is 5.33. The van der Waals surface area contributed by atoms with Gasteiger partial charge in [-0.2, -0.15) is 0 Å². The summed E-state index contributed by atoms with van der Waals surface area (Å²) in [6.07, 6.45) is 1.95. The largest absolute Gasteiger partial charge is 0.328 e. The van der Waals surface area contributed by atoms with Gasteiger partial charge >= 0.3 is 0 Å². The van der Waals surface area contributed by atoms with Crippen LogP contribution in [0.4, 0.5) is 0 Å². The van der Waals surface area contributed by atoms with Crippen LogP contribution in [0.1, 0.15) is 25.0 Å². The molecule has 2 aromatic carbocycles. The maximum atomic E-state index is 5.62. The molecule has 1 radical (unpaired) electrons. The summed E-state index contributed by atoms with van der Waals surface area (Å²) in [6.45, 7) is 4.04. The third-order valence-electron chi connectivity index (χ3n) is 2.80. The molecule has 3 heteroatoms. The molecule has 0 spiro atoms. The van der Waals surface area contributed by atoms with E-state index in [4.69, 9.17) is 11.5 Å². The molecule has 0 aliphatic carbocycles. The number of nitrogens with two attached hydrogens (primary N) is 2. The molecule has 2 rings (SSSR count). The van der Waals surface area contributed by atoms with Crippen molar-refractivity contribution >= 4 is 29.6 Å². The minimum atomic E-state index is 0. The summed E-state index contributed by atoms with van der Waals surface area (Å²) in [7, 11) is 0. The standard InChI is InChI=1S/2C9H13N.Na/c2*1-8(10)7-9-5-3-2-4-6-9;/h2*2-6,8H,7,10H2,1H3;. The van der Waals surface area contributed by atoms with Crippen molar-refractivity contribution in [3.05, 3.63) is 71.8 Å². The molecule has 2 unspecified atom stereocenters. The molecule has 0 saturated carbocycles. The van der Waals surface area contributed by atoms with E-state index in [1.165, 1.54) is 11.1 Å². The van der Waals surface area contributed by atoms with Crippen LogP contribution in [0.15, 0.2) is 60.7 Å². The predicted octanol–water partition coefficient (Wildman–Crippen LogP) is 2.77. The SMILES string of the molecule is CC(N)Cc1ccccc1.CC(N)Cc1ccccc1.[Na]. The van der Waals surface area contributed by atoms with Crippen molar-refractivity contribution in [3.8, 4) is 0 Å². The van der Waals surface area contributed by atoms with Gasteiger partial charge in [-0.25, -0.2) is 0 Å². The molecule has 2 aromatic rings. The zero-order chi connectivity index (χ0) is 14.8. The van der Waals surface area contributed by atoms with Crippen molar-refractivity contribution in [2.75, 3.05) is 0 Å². The van der Waals surface area contributed by atoms with E-state index in [0.29, 0.717) is 0 Å². The summed E-state index contributed by atoms with van der Waals surface area (Å²) < 4.78 is 0. The first-order valence-corrected chi connectivity index (χ1v) is 7.17. The summed E-state index contributed by atoms with van der Waals surface area (Å²) in [5, 5.41) is 0. The Bertz CT molecular complexity index is 410. The van der Waals surface area contributed by atoms with E-state index in [9.17, 15) is 0 Å².